The fourth-order valence-electron chi connectivity index (χ4n) is 1.24. The Bertz CT molecular complexity index is 632. The highest BCUT2D eigenvalue weighted by Crippen LogP contribution is 2.13. The number of aromatic carboxylic acids is 1. The van der Waals surface area contributed by atoms with Crippen molar-refractivity contribution in [3.8, 4) is 0 Å². The largest absolute Gasteiger partial charge is 0.475 e. The third-order valence-corrected chi connectivity index (χ3v) is 5.13. The van der Waals surface area contributed by atoms with Gasteiger partial charge in [0, 0.05) is 12.8 Å². The van der Waals surface area contributed by atoms with Crippen LogP contribution >= 0.6 is 0 Å². The average molecular weight is 318 g/mol. The highest BCUT2D eigenvalue weighted by molar-refractivity contribution is 7.92. The maximum absolute atomic E-state index is 11.6. The number of amides is 2. The molecule has 0 aromatic carbocycles. The maximum atomic E-state index is 11.6. The average Bonchev–Trinajstić information content (AvgIpc) is 2.81. The Hall–Kier alpha value is -2.03. The van der Waals surface area contributed by atoms with Crippen molar-refractivity contribution in [2.45, 2.75) is 25.1 Å². The summed E-state index contributed by atoms with van der Waals surface area (Å²) in [5.41, 5.74) is 0. The van der Waals surface area contributed by atoms with Gasteiger partial charge in [-0.3, -0.25) is 0 Å². The van der Waals surface area contributed by atoms with E-state index in [4.69, 9.17) is 9.52 Å². The molecule has 1 heterocycles. The molecule has 0 aliphatic carbocycles. The molecule has 0 aliphatic heterocycles. The number of nitrogens with one attached hydrogen (secondary N) is 2. The van der Waals surface area contributed by atoms with Gasteiger partial charge in [-0.05, 0) is 26.0 Å². The number of rotatable bonds is 6. The van der Waals surface area contributed by atoms with E-state index < -0.39 is 26.6 Å². The summed E-state index contributed by atoms with van der Waals surface area (Å²) >= 11 is 0. The van der Waals surface area contributed by atoms with E-state index in [0.29, 0.717) is 0 Å². The van der Waals surface area contributed by atoms with Crippen LogP contribution in [0.25, 0.3) is 0 Å². The van der Waals surface area contributed by atoms with Crippen LogP contribution in [0, 0.1) is 0 Å². The summed E-state index contributed by atoms with van der Waals surface area (Å²) in [5, 5.41) is 13.6. The molecule has 21 heavy (non-hydrogen) atoms. The van der Waals surface area contributed by atoms with E-state index >= 15 is 0 Å². The Balaban J connectivity index is 2.46. The number of hydrogen-bond acceptors (Lipinski definition) is 5. The second kappa shape index (κ2) is 6.17. The highest BCUT2D eigenvalue weighted by Gasteiger charge is 2.30. The molecule has 0 radical (unpaired) electrons. The van der Waals surface area contributed by atoms with Crippen molar-refractivity contribution in [2.24, 2.45) is 0 Å². The van der Waals surface area contributed by atoms with Gasteiger partial charge in [0.25, 0.3) is 0 Å². The number of furan rings is 1. The Kier molecular flexibility index (Phi) is 5.00. The van der Waals surface area contributed by atoms with Crippen molar-refractivity contribution < 1.29 is 27.5 Å². The fraction of sp³-hybridized carbons (Fsp3) is 0.500. The molecule has 0 saturated carbocycles. The summed E-state index contributed by atoms with van der Waals surface area (Å²) in [5.74, 6) is -1.13. The van der Waals surface area contributed by atoms with Crippen LogP contribution in [0.15, 0.2) is 16.5 Å². The van der Waals surface area contributed by atoms with Crippen molar-refractivity contribution in [3.05, 3.63) is 23.7 Å². The van der Waals surface area contributed by atoms with E-state index in [9.17, 15) is 18.0 Å². The first-order valence-corrected chi connectivity index (χ1v) is 7.95. The van der Waals surface area contributed by atoms with Gasteiger partial charge in [-0.1, -0.05) is 0 Å². The molecule has 9 heteroatoms. The van der Waals surface area contributed by atoms with Crippen molar-refractivity contribution >= 4 is 21.8 Å². The molecule has 0 bridgehead atoms. The molecule has 3 N–H and O–H groups in total. The van der Waals surface area contributed by atoms with Crippen LogP contribution in [-0.4, -0.2) is 43.1 Å². The number of hydrogen-bond donors (Lipinski definition) is 3. The van der Waals surface area contributed by atoms with E-state index in [0.717, 1.165) is 6.26 Å². The molecule has 1 rings (SSSR count). The van der Waals surface area contributed by atoms with Crippen molar-refractivity contribution in [1.82, 2.24) is 10.6 Å². The predicted molar refractivity (Wildman–Crippen MR) is 74.8 cm³/mol. The zero-order chi connectivity index (χ0) is 16.3. The number of urea groups is 1. The van der Waals surface area contributed by atoms with Crippen LogP contribution in [0.3, 0.4) is 0 Å². The van der Waals surface area contributed by atoms with Gasteiger partial charge in [0.05, 0.1) is 11.3 Å². The molecule has 8 nitrogen and oxygen atoms in total. The molecular formula is C12H18N2O6S. The summed E-state index contributed by atoms with van der Waals surface area (Å²) in [7, 11) is -3.30. The molecule has 2 amide bonds. The van der Waals surface area contributed by atoms with E-state index in [-0.39, 0.29) is 24.6 Å². The SMILES string of the molecule is CC(C)(CNC(=O)NCc1ccc(C(=O)O)o1)S(C)(=O)=O. The summed E-state index contributed by atoms with van der Waals surface area (Å²) in [6, 6.07) is 2.15. The van der Waals surface area contributed by atoms with Gasteiger partial charge >= 0.3 is 12.0 Å². The van der Waals surface area contributed by atoms with Gasteiger partial charge in [0.1, 0.15) is 5.76 Å². The van der Waals surface area contributed by atoms with E-state index in [1.165, 1.54) is 26.0 Å². The zero-order valence-electron chi connectivity index (χ0n) is 12.0. The van der Waals surface area contributed by atoms with Crippen molar-refractivity contribution in [1.29, 1.82) is 0 Å². The van der Waals surface area contributed by atoms with Crippen LogP contribution < -0.4 is 10.6 Å². The Morgan fingerprint density at radius 3 is 2.38 bits per heavy atom. The van der Waals surface area contributed by atoms with E-state index in [1.54, 1.807) is 0 Å². The molecular weight excluding hydrogens is 300 g/mol. The number of carboxylic acids is 1. The van der Waals surface area contributed by atoms with Gasteiger partial charge in [-0.2, -0.15) is 0 Å². The summed E-state index contributed by atoms with van der Waals surface area (Å²) in [6.45, 7) is 2.97. The van der Waals surface area contributed by atoms with Gasteiger partial charge < -0.3 is 20.2 Å². The monoisotopic (exact) mass is 318 g/mol. The molecule has 0 spiro atoms. The molecule has 0 unspecified atom stereocenters. The molecule has 118 valence electrons. The van der Waals surface area contributed by atoms with Gasteiger partial charge in [0.2, 0.25) is 5.76 Å². The normalized spacial score (nSPS) is 12.0. The van der Waals surface area contributed by atoms with Crippen LogP contribution in [0.1, 0.15) is 30.2 Å². The van der Waals surface area contributed by atoms with Crippen LogP contribution in [-0.2, 0) is 16.4 Å². The Labute approximate surface area is 122 Å². The molecule has 1 aromatic rings. The van der Waals surface area contributed by atoms with Gasteiger partial charge in [0.15, 0.2) is 9.84 Å². The summed E-state index contributed by atoms with van der Waals surface area (Å²) in [6.07, 6.45) is 1.10. The second-order valence-electron chi connectivity index (χ2n) is 5.14. The molecule has 0 saturated heterocycles. The first-order chi connectivity index (χ1) is 9.53. The lowest BCUT2D eigenvalue weighted by molar-refractivity contribution is 0.0660. The van der Waals surface area contributed by atoms with Crippen LogP contribution in [0.4, 0.5) is 4.79 Å². The quantitative estimate of drug-likeness (QED) is 0.705. The smallest absolute Gasteiger partial charge is 0.371 e. The molecule has 1 aromatic heterocycles. The van der Waals surface area contributed by atoms with Gasteiger partial charge in [-0.25, -0.2) is 18.0 Å². The minimum absolute atomic E-state index is 0.00157. The summed E-state index contributed by atoms with van der Waals surface area (Å²) < 4.78 is 26.8. The topological polar surface area (TPSA) is 126 Å². The Morgan fingerprint density at radius 2 is 1.90 bits per heavy atom. The second-order valence-corrected chi connectivity index (χ2v) is 7.79. The number of sulfone groups is 1. The lowest BCUT2D eigenvalue weighted by Gasteiger charge is -2.22. The van der Waals surface area contributed by atoms with E-state index in [1.807, 2.05) is 0 Å². The van der Waals surface area contributed by atoms with Crippen molar-refractivity contribution in [2.75, 3.05) is 12.8 Å². The number of carbonyl (C=O) groups is 2. The molecule has 0 aliphatic rings. The minimum Gasteiger partial charge on any atom is -0.475 e. The lowest BCUT2D eigenvalue weighted by Crippen LogP contribution is -2.46. The van der Waals surface area contributed by atoms with E-state index in [2.05, 4.69) is 10.6 Å². The number of carboxylic acid groups (broad SMARTS) is 1. The Morgan fingerprint density at radius 1 is 1.29 bits per heavy atom. The molecule has 0 atom stereocenters. The third-order valence-electron chi connectivity index (χ3n) is 2.97. The third kappa shape index (κ3) is 4.78. The highest BCUT2D eigenvalue weighted by atomic mass is 32.2. The first-order valence-electron chi connectivity index (χ1n) is 6.06. The standard InChI is InChI=1S/C12H18N2O6S/c1-12(2,21(3,18)19)7-14-11(17)13-6-8-4-5-9(20-8)10(15)16/h4-5H,6-7H2,1-3H3,(H,15,16)(H2,13,14,17). The van der Waals surface area contributed by atoms with Crippen LogP contribution in [0.2, 0.25) is 0 Å². The molecule has 0 fully saturated rings. The minimum atomic E-state index is -3.30. The summed E-state index contributed by atoms with van der Waals surface area (Å²) in [4.78, 5) is 22.2. The van der Waals surface area contributed by atoms with Crippen molar-refractivity contribution in [3.63, 3.8) is 0 Å². The predicted octanol–water partition coefficient (Wildman–Crippen LogP) is 0.600. The number of carbonyl (C=O) groups excluding carboxylic acids is 1. The van der Waals surface area contributed by atoms with Crippen LogP contribution in [0.5, 0.6) is 0 Å². The first kappa shape index (κ1) is 17.0. The maximum Gasteiger partial charge on any atom is 0.371 e. The lowest BCUT2D eigenvalue weighted by atomic mass is 10.2. The zero-order valence-corrected chi connectivity index (χ0v) is 12.8. The fourth-order valence-corrected chi connectivity index (χ4v) is 1.58. The van der Waals surface area contributed by atoms with Gasteiger partial charge in [-0.15, -0.1) is 0 Å².